The van der Waals surface area contributed by atoms with Gasteiger partial charge in [0.1, 0.15) is 0 Å². The third kappa shape index (κ3) is 3.19. The fourth-order valence-electron chi connectivity index (χ4n) is 1.92. The molecule has 1 heterocycles. The molecule has 0 amide bonds. The van der Waals surface area contributed by atoms with Crippen molar-refractivity contribution in [3.63, 3.8) is 0 Å². The lowest BCUT2D eigenvalue weighted by Crippen LogP contribution is -2.21. The Bertz CT molecular complexity index is 534. The van der Waals surface area contributed by atoms with E-state index in [1.807, 2.05) is 6.07 Å². The molecule has 2 nitrogen and oxygen atoms in total. The van der Waals surface area contributed by atoms with E-state index < -0.39 is 0 Å². The predicted octanol–water partition coefficient (Wildman–Crippen LogP) is 4.53. The van der Waals surface area contributed by atoms with E-state index in [-0.39, 0.29) is 0 Å². The van der Waals surface area contributed by atoms with E-state index in [0.717, 1.165) is 36.0 Å². The third-order valence-corrected chi connectivity index (χ3v) is 3.30. The first-order valence-corrected chi connectivity index (χ1v) is 6.89. The van der Waals surface area contributed by atoms with Gasteiger partial charge in [-0.3, -0.25) is 0 Å². The number of rotatable bonds is 5. The number of furan rings is 1. The maximum atomic E-state index is 6.08. The van der Waals surface area contributed by atoms with Crippen LogP contribution in [0.2, 0.25) is 10.0 Å². The van der Waals surface area contributed by atoms with E-state index in [0.29, 0.717) is 16.0 Å². The number of hydrogen-bond donors (Lipinski definition) is 1. The minimum absolute atomic E-state index is 0.568. The largest absolute Gasteiger partial charge is 0.462 e. The van der Waals surface area contributed by atoms with Gasteiger partial charge in [0.15, 0.2) is 5.58 Å². The van der Waals surface area contributed by atoms with E-state index >= 15 is 0 Å². The van der Waals surface area contributed by atoms with E-state index in [1.165, 1.54) is 0 Å². The number of benzene rings is 1. The van der Waals surface area contributed by atoms with Gasteiger partial charge >= 0.3 is 0 Å². The van der Waals surface area contributed by atoms with Crippen LogP contribution in [-0.2, 0) is 6.42 Å². The van der Waals surface area contributed by atoms with Gasteiger partial charge in [-0.2, -0.15) is 0 Å². The summed E-state index contributed by atoms with van der Waals surface area (Å²) >= 11 is 12.1. The third-order valence-electron chi connectivity index (χ3n) is 2.80. The molecule has 18 heavy (non-hydrogen) atoms. The van der Waals surface area contributed by atoms with Crippen LogP contribution in [0, 0.1) is 5.92 Å². The number of nitrogens with one attached hydrogen (secondary N) is 1. The Kier molecular flexibility index (Phi) is 4.55. The Morgan fingerprint density at radius 2 is 2.06 bits per heavy atom. The second-order valence-corrected chi connectivity index (χ2v) is 5.72. The minimum atomic E-state index is 0.568. The Hall–Kier alpha value is -0.700. The molecule has 1 N–H and O–H groups in total. The van der Waals surface area contributed by atoms with Crippen LogP contribution in [0.1, 0.15) is 19.4 Å². The molecule has 0 radical (unpaired) electrons. The molecule has 0 saturated carbocycles. The van der Waals surface area contributed by atoms with Crippen molar-refractivity contribution < 1.29 is 4.42 Å². The smallest absolute Gasteiger partial charge is 0.152 e. The second-order valence-electron chi connectivity index (χ2n) is 4.87. The molecule has 2 aromatic rings. The van der Waals surface area contributed by atoms with Gasteiger partial charge in [0.2, 0.25) is 0 Å². The van der Waals surface area contributed by atoms with Gasteiger partial charge in [-0.05, 0) is 43.1 Å². The van der Waals surface area contributed by atoms with Crippen molar-refractivity contribution in [2.24, 2.45) is 5.92 Å². The summed E-state index contributed by atoms with van der Waals surface area (Å²) in [4.78, 5) is 0. The van der Waals surface area contributed by atoms with Gasteiger partial charge in [-0.25, -0.2) is 0 Å². The first-order valence-electron chi connectivity index (χ1n) is 6.13. The number of hydrogen-bond acceptors (Lipinski definition) is 2. The van der Waals surface area contributed by atoms with Crippen molar-refractivity contribution in [3.05, 3.63) is 34.0 Å². The van der Waals surface area contributed by atoms with Crippen molar-refractivity contribution >= 4 is 34.2 Å². The van der Waals surface area contributed by atoms with Crippen LogP contribution < -0.4 is 5.32 Å². The minimum Gasteiger partial charge on any atom is -0.462 e. The van der Waals surface area contributed by atoms with Crippen LogP contribution in [0.5, 0.6) is 0 Å². The van der Waals surface area contributed by atoms with E-state index in [1.54, 1.807) is 12.3 Å². The zero-order valence-electron chi connectivity index (χ0n) is 10.6. The highest BCUT2D eigenvalue weighted by Crippen LogP contribution is 2.31. The van der Waals surface area contributed by atoms with Crippen molar-refractivity contribution in [2.75, 3.05) is 13.1 Å². The zero-order chi connectivity index (χ0) is 13.1. The molecule has 0 aliphatic rings. The molecule has 98 valence electrons. The van der Waals surface area contributed by atoms with Crippen LogP contribution in [-0.4, -0.2) is 13.1 Å². The molecule has 0 bridgehead atoms. The molecule has 0 aliphatic heterocycles. The summed E-state index contributed by atoms with van der Waals surface area (Å²) in [6.07, 6.45) is 2.68. The van der Waals surface area contributed by atoms with Crippen LogP contribution in [0.15, 0.2) is 22.8 Å². The summed E-state index contributed by atoms with van der Waals surface area (Å²) in [7, 11) is 0. The van der Waals surface area contributed by atoms with Gasteiger partial charge in [0.05, 0.1) is 11.3 Å². The highest BCUT2D eigenvalue weighted by molar-refractivity contribution is 6.38. The van der Waals surface area contributed by atoms with Crippen molar-refractivity contribution in [2.45, 2.75) is 20.3 Å². The molecule has 1 aromatic carbocycles. The second kappa shape index (κ2) is 5.96. The molecule has 2 rings (SSSR count). The predicted molar refractivity (Wildman–Crippen MR) is 77.6 cm³/mol. The normalized spacial score (nSPS) is 11.6. The molecule has 1 aromatic heterocycles. The van der Waals surface area contributed by atoms with Crippen molar-refractivity contribution in [1.29, 1.82) is 0 Å². The molecule has 0 unspecified atom stereocenters. The van der Waals surface area contributed by atoms with Crippen LogP contribution >= 0.6 is 23.2 Å². The van der Waals surface area contributed by atoms with Gasteiger partial charge in [-0.15, -0.1) is 0 Å². The first-order chi connectivity index (χ1) is 8.58. The molecule has 0 fully saturated rings. The summed E-state index contributed by atoms with van der Waals surface area (Å²) in [5.74, 6) is 0.662. The fraction of sp³-hybridized carbons (Fsp3) is 0.429. The number of halogens is 2. The lowest BCUT2D eigenvalue weighted by Gasteiger charge is -2.06. The Labute approximate surface area is 117 Å². The zero-order valence-corrected chi connectivity index (χ0v) is 12.1. The Balaban J connectivity index is 2.09. The summed E-state index contributed by atoms with van der Waals surface area (Å²) in [5, 5.41) is 5.63. The Morgan fingerprint density at radius 1 is 1.28 bits per heavy atom. The average Bonchev–Trinajstić information content (AvgIpc) is 2.67. The van der Waals surface area contributed by atoms with Gasteiger partial charge in [-0.1, -0.05) is 37.0 Å². The van der Waals surface area contributed by atoms with Gasteiger partial charge in [0, 0.05) is 10.4 Å². The molecule has 0 spiro atoms. The first kappa shape index (κ1) is 13.7. The quantitative estimate of drug-likeness (QED) is 0.817. The molecule has 0 atom stereocenters. The van der Waals surface area contributed by atoms with Crippen LogP contribution in [0.3, 0.4) is 0 Å². The molecule has 0 aliphatic carbocycles. The van der Waals surface area contributed by atoms with Crippen LogP contribution in [0.25, 0.3) is 11.0 Å². The molecular weight excluding hydrogens is 269 g/mol. The van der Waals surface area contributed by atoms with Crippen LogP contribution in [0.4, 0.5) is 0 Å². The van der Waals surface area contributed by atoms with Crippen molar-refractivity contribution in [1.82, 2.24) is 5.32 Å². The lowest BCUT2D eigenvalue weighted by atomic mass is 10.1. The maximum Gasteiger partial charge on any atom is 0.152 e. The molecule has 4 heteroatoms. The summed E-state index contributed by atoms with van der Waals surface area (Å²) in [6.45, 7) is 6.34. The highest BCUT2D eigenvalue weighted by Gasteiger charge is 2.10. The van der Waals surface area contributed by atoms with Gasteiger partial charge < -0.3 is 9.73 Å². The summed E-state index contributed by atoms with van der Waals surface area (Å²) < 4.78 is 5.49. The van der Waals surface area contributed by atoms with Gasteiger partial charge in [0.25, 0.3) is 0 Å². The fourth-order valence-corrected chi connectivity index (χ4v) is 2.46. The maximum absolute atomic E-state index is 6.08. The highest BCUT2D eigenvalue weighted by atomic mass is 35.5. The lowest BCUT2D eigenvalue weighted by molar-refractivity contribution is 0.552. The molecule has 0 saturated heterocycles. The molecular formula is C14H17Cl2NO. The Morgan fingerprint density at radius 3 is 2.78 bits per heavy atom. The van der Waals surface area contributed by atoms with Crippen molar-refractivity contribution in [3.8, 4) is 0 Å². The van der Waals surface area contributed by atoms with E-state index in [4.69, 9.17) is 27.6 Å². The van der Waals surface area contributed by atoms with E-state index in [2.05, 4.69) is 19.2 Å². The summed E-state index contributed by atoms with van der Waals surface area (Å²) in [5.41, 5.74) is 1.87. The number of fused-ring (bicyclic) bond motifs is 1. The van der Waals surface area contributed by atoms with E-state index in [9.17, 15) is 0 Å². The standard InChI is InChI=1S/C14H17Cl2NO/c1-9(2)7-17-4-3-10-8-18-14-12(10)5-11(15)6-13(14)16/h5-6,8-9,17H,3-4,7H2,1-2H3. The SMILES string of the molecule is CC(C)CNCCc1coc2c(Cl)cc(Cl)cc12. The topological polar surface area (TPSA) is 25.2 Å². The average molecular weight is 286 g/mol. The summed E-state index contributed by atoms with van der Waals surface area (Å²) in [6, 6.07) is 3.61. The monoisotopic (exact) mass is 285 g/mol.